The number of hydrogen-bond donors (Lipinski definition) is 0. The summed E-state index contributed by atoms with van der Waals surface area (Å²) in [6.45, 7) is 2.55. The van der Waals surface area contributed by atoms with Crippen molar-refractivity contribution >= 4 is 28.6 Å². The topological polar surface area (TPSA) is 35.5 Å². The average molecular weight is 308 g/mol. The second kappa shape index (κ2) is 5.50. The third-order valence-electron chi connectivity index (χ3n) is 1.99. The van der Waals surface area contributed by atoms with E-state index < -0.39 is 6.10 Å². The summed E-state index contributed by atoms with van der Waals surface area (Å²) in [5.74, 6) is -0.287. The van der Waals surface area contributed by atoms with E-state index in [1.165, 1.54) is 12.7 Å². The Morgan fingerprint density at radius 2 is 2.43 bits per heavy atom. The molecule has 0 bridgehead atoms. The van der Waals surface area contributed by atoms with Crippen LogP contribution in [0.2, 0.25) is 0 Å². The predicted octanol–water partition coefficient (Wildman–Crippen LogP) is 2.21. The number of carbonyl (C=O) groups excluding carboxylic acids is 1. The van der Waals surface area contributed by atoms with Crippen molar-refractivity contribution < 1.29 is 14.3 Å². The van der Waals surface area contributed by atoms with Crippen LogP contribution < -0.4 is 0 Å². The number of allylic oxidation sites excluding steroid dienone is 2. The van der Waals surface area contributed by atoms with Crippen LogP contribution in [0.25, 0.3) is 0 Å². The normalized spacial score (nSPS) is 25.5. The first-order chi connectivity index (χ1) is 6.67. The van der Waals surface area contributed by atoms with Gasteiger partial charge in [0.1, 0.15) is 0 Å². The first-order valence-corrected chi connectivity index (χ1v) is 5.57. The smallest absolute Gasteiger partial charge is 0.335 e. The summed E-state index contributed by atoms with van der Waals surface area (Å²) in [5, 5.41) is 0. The van der Waals surface area contributed by atoms with Crippen LogP contribution in [0.15, 0.2) is 21.3 Å². The van der Waals surface area contributed by atoms with Crippen LogP contribution in [0.3, 0.4) is 0 Å². The molecule has 0 amide bonds. The van der Waals surface area contributed by atoms with E-state index in [4.69, 9.17) is 4.74 Å². The number of carbonyl (C=O) groups is 1. The van der Waals surface area contributed by atoms with Gasteiger partial charge < -0.3 is 9.47 Å². The Balaban J connectivity index is 2.57. The molecule has 0 N–H and O–H groups in total. The lowest BCUT2D eigenvalue weighted by Crippen LogP contribution is -2.20. The molecule has 3 nitrogen and oxygen atoms in total. The van der Waals surface area contributed by atoms with Crippen molar-refractivity contribution in [2.24, 2.45) is 0 Å². The molecule has 14 heavy (non-hydrogen) atoms. The Morgan fingerprint density at radius 3 is 3.00 bits per heavy atom. The van der Waals surface area contributed by atoms with Gasteiger partial charge in [-0.05, 0) is 22.2 Å². The highest BCUT2D eigenvalue weighted by molar-refractivity contribution is 14.1. The van der Waals surface area contributed by atoms with Crippen LogP contribution in [0.1, 0.15) is 13.3 Å². The van der Waals surface area contributed by atoms with Gasteiger partial charge in [0.05, 0.1) is 13.7 Å². The third-order valence-corrected chi connectivity index (χ3v) is 2.97. The van der Waals surface area contributed by atoms with Gasteiger partial charge in [0.15, 0.2) is 6.10 Å². The summed E-state index contributed by atoms with van der Waals surface area (Å²) in [6.07, 6.45) is 2.29. The number of ether oxygens (including phenoxy) is 2. The fourth-order valence-corrected chi connectivity index (χ4v) is 1.48. The van der Waals surface area contributed by atoms with Gasteiger partial charge in [0.2, 0.25) is 0 Å². The van der Waals surface area contributed by atoms with Gasteiger partial charge in [-0.3, -0.25) is 0 Å². The minimum atomic E-state index is -0.409. The Labute approximate surface area is 97.3 Å². The summed E-state index contributed by atoms with van der Waals surface area (Å²) in [7, 11) is 1.38. The molecule has 0 radical (unpaired) electrons. The number of halogens is 1. The molecule has 1 aliphatic heterocycles. The lowest BCUT2D eigenvalue weighted by Gasteiger charge is -2.03. The van der Waals surface area contributed by atoms with E-state index in [2.05, 4.69) is 33.4 Å². The fraction of sp³-hybridized carbons (Fsp3) is 0.500. The maximum absolute atomic E-state index is 11.1. The lowest BCUT2D eigenvalue weighted by molar-refractivity contribution is -0.151. The van der Waals surface area contributed by atoms with Crippen molar-refractivity contribution in [1.82, 2.24) is 0 Å². The highest BCUT2D eigenvalue weighted by Crippen LogP contribution is 2.21. The molecule has 1 aliphatic rings. The van der Waals surface area contributed by atoms with Gasteiger partial charge in [-0.25, -0.2) is 4.79 Å². The molecule has 0 aromatic heterocycles. The van der Waals surface area contributed by atoms with Crippen molar-refractivity contribution in [2.45, 2.75) is 19.4 Å². The minimum Gasteiger partial charge on any atom is -0.467 e. The Morgan fingerprint density at radius 1 is 1.71 bits per heavy atom. The van der Waals surface area contributed by atoms with Crippen molar-refractivity contribution in [3.63, 3.8) is 0 Å². The summed E-state index contributed by atoms with van der Waals surface area (Å²) >= 11 is 2.19. The van der Waals surface area contributed by atoms with Gasteiger partial charge in [0, 0.05) is 6.42 Å². The van der Waals surface area contributed by atoms with Gasteiger partial charge >= 0.3 is 5.97 Å². The zero-order valence-electron chi connectivity index (χ0n) is 8.25. The molecule has 0 spiro atoms. The summed E-state index contributed by atoms with van der Waals surface area (Å²) in [4.78, 5) is 11.1. The molecule has 0 aliphatic carbocycles. The zero-order chi connectivity index (χ0) is 10.6. The van der Waals surface area contributed by atoms with E-state index in [-0.39, 0.29) is 5.97 Å². The molecule has 0 aromatic rings. The Bertz CT molecular complexity index is 281. The summed E-state index contributed by atoms with van der Waals surface area (Å²) in [5.41, 5.74) is 2.32. The summed E-state index contributed by atoms with van der Waals surface area (Å²) in [6, 6.07) is 0. The standard InChI is InChI=1S/C10H13IO3/c1-7(5-11)3-8-4-9(14-6-8)10(12)13-2/h3,5,9H,4,6H2,1-2H3/b7-5-,8-3-/t9-/m1/s1. The molecule has 1 atom stereocenters. The molecule has 0 unspecified atom stereocenters. The van der Waals surface area contributed by atoms with Crippen molar-refractivity contribution in [3.8, 4) is 0 Å². The molecule has 1 saturated heterocycles. The quantitative estimate of drug-likeness (QED) is 0.579. The van der Waals surface area contributed by atoms with Crippen molar-refractivity contribution in [3.05, 3.63) is 21.3 Å². The van der Waals surface area contributed by atoms with Crippen LogP contribution in [0, 0.1) is 0 Å². The van der Waals surface area contributed by atoms with Crippen molar-refractivity contribution in [1.29, 1.82) is 0 Å². The highest BCUT2D eigenvalue weighted by Gasteiger charge is 2.27. The Kier molecular flexibility index (Phi) is 4.60. The highest BCUT2D eigenvalue weighted by atomic mass is 127. The number of rotatable bonds is 2. The zero-order valence-corrected chi connectivity index (χ0v) is 10.4. The number of methoxy groups -OCH3 is 1. The van der Waals surface area contributed by atoms with E-state index in [0.29, 0.717) is 13.0 Å². The van der Waals surface area contributed by atoms with E-state index in [1.54, 1.807) is 0 Å². The number of esters is 1. The molecule has 78 valence electrons. The second-order valence-electron chi connectivity index (χ2n) is 3.18. The van der Waals surface area contributed by atoms with Crippen LogP contribution in [-0.4, -0.2) is 25.8 Å². The molecule has 1 heterocycles. The van der Waals surface area contributed by atoms with E-state index >= 15 is 0 Å². The second-order valence-corrected chi connectivity index (χ2v) is 3.81. The monoisotopic (exact) mass is 308 g/mol. The molecule has 1 rings (SSSR count). The molecule has 1 fully saturated rings. The third kappa shape index (κ3) is 3.09. The maximum atomic E-state index is 11.1. The van der Waals surface area contributed by atoms with Gasteiger partial charge in [-0.2, -0.15) is 0 Å². The van der Waals surface area contributed by atoms with Crippen LogP contribution in [0.5, 0.6) is 0 Å². The van der Waals surface area contributed by atoms with E-state index in [9.17, 15) is 4.79 Å². The lowest BCUT2D eigenvalue weighted by atomic mass is 10.1. The van der Waals surface area contributed by atoms with Crippen molar-refractivity contribution in [2.75, 3.05) is 13.7 Å². The molecule has 0 saturated carbocycles. The molecule has 0 aromatic carbocycles. The largest absolute Gasteiger partial charge is 0.467 e. The fourth-order valence-electron chi connectivity index (χ4n) is 1.30. The van der Waals surface area contributed by atoms with Gasteiger partial charge in [-0.15, -0.1) is 0 Å². The Hall–Kier alpha value is -0.360. The first-order valence-electron chi connectivity index (χ1n) is 4.33. The molecular formula is C10H13IO3. The van der Waals surface area contributed by atoms with Crippen LogP contribution >= 0.6 is 22.6 Å². The van der Waals surface area contributed by atoms with Gasteiger partial charge in [0.25, 0.3) is 0 Å². The van der Waals surface area contributed by atoms with E-state index in [0.717, 1.165) is 5.57 Å². The summed E-state index contributed by atoms with van der Waals surface area (Å²) < 4.78 is 11.9. The SMILES string of the molecule is COC(=O)[C@H]1C/C(=C/C(C)=C\I)CO1. The molecule has 4 heteroatoms. The number of hydrogen-bond acceptors (Lipinski definition) is 3. The van der Waals surface area contributed by atoms with Crippen LogP contribution in [0.4, 0.5) is 0 Å². The average Bonchev–Trinajstić information content (AvgIpc) is 2.65. The minimum absolute atomic E-state index is 0.287. The van der Waals surface area contributed by atoms with Crippen LogP contribution in [-0.2, 0) is 14.3 Å². The maximum Gasteiger partial charge on any atom is 0.335 e. The molecular weight excluding hydrogens is 295 g/mol. The van der Waals surface area contributed by atoms with E-state index in [1.807, 2.05) is 11.0 Å². The van der Waals surface area contributed by atoms with Gasteiger partial charge in [-0.1, -0.05) is 28.7 Å². The first kappa shape index (κ1) is 11.7. The predicted molar refractivity (Wildman–Crippen MR) is 62.2 cm³/mol.